The number of phenols is 1. The van der Waals surface area contributed by atoms with Crippen LogP contribution < -0.4 is 15.4 Å². The maximum Gasteiger partial charge on any atom is 0.270 e. The van der Waals surface area contributed by atoms with Gasteiger partial charge in [0, 0.05) is 37.2 Å². The highest BCUT2D eigenvalue weighted by Crippen LogP contribution is 2.22. The van der Waals surface area contributed by atoms with Gasteiger partial charge in [0.05, 0.1) is 17.6 Å². The van der Waals surface area contributed by atoms with E-state index in [1.54, 1.807) is 24.3 Å². The largest absolute Gasteiger partial charge is 0.508 e. The van der Waals surface area contributed by atoms with Gasteiger partial charge in [0.2, 0.25) is 5.91 Å². The maximum atomic E-state index is 12.1. The Labute approximate surface area is 155 Å². The van der Waals surface area contributed by atoms with Crippen LogP contribution in [0, 0.1) is 10.1 Å². The van der Waals surface area contributed by atoms with Crippen molar-refractivity contribution < 1.29 is 24.4 Å². The lowest BCUT2D eigenvalue weighted by Gasteiger charge is -2.10. The van der Waals surface area contributed by atoms with Crippen LogP contribution in [0.3, 0.4) is 0 Å². The van der Waals surface area contributed by atoms with Crippen LogP contribution in [-0.2, 0) is 11.3 Å². The smallest absolute Gasteiger partial charge is 0.270 e. The van der Waals surface area contributed by atoms with Gasteiger partial charge < -0.3 is 20.5 Å². The molecule has 2 aromatic carbocycles. The number of carbonyl (C=O) groups is 2. The number of aromatic hydroxyl groups is 1. The number of nitro benzene ring substituents is 1. The first-order valence-corrected chi connectivity index (χ1v) is 8.06. The fraction of sp³-hybridized carbons (Fsp3) is 0.222. The van der Waals surface area contributed by atoms with E-state index in [1.165, 1.54) is 25.3 Å². The number of hydrogen-bond donors (Lipinski definition) is 3. The molecule has 0 spiro atoms. The summed E-state index contributed by atoms with van der Waals surface area (Å²) >= 11 is 0. The summed E-state index contributed by atoms with van der Waals surface area (Å²) in [6, 6.07) is 10.3. The number of methoxy groups -OCH3 is 1. The number of nitrogens with zero attached hydrogens (tertiary/aromatic N) is 1. The Morgan fingerprint density at radius 3 is 2.63 bits per heavy atom. The predicted octanol–water partition coefficient (Wildman–Crippen LogP) is 1.75. The van der Waals surface area contributed by atoms with Crippen molar-refractivity contribution in [1.29, 1.82) is 0 Å². The average molecular weight is 373 g/mol. The average Bonchev–Trinajstić information content (AvgIpc) is 2.66. The van der Waals surface area contributed by atoms with Crippen LogP contribution in [0.15, 0.2) is 42.5 Å². The number of ether oxygens (including phenoxy) is 1. The van der Waals surface area contributed by atoms with Crippen molar-refractivity contribution in [1.82, 2.24) is 10.6 Å². The van der Waals surface area contributed by atoms with E-state index < -0.39 is 4.92 Å². The van der Waals surface area contributed by atoms with Crippen LogP contribution in [0.5, 0.6) is 11.5 Å². The van der Waals surface area contributed by atoms with Crippen LogP contribution in [0.4, 0.5) is 5.69 Å². The summed E-state index contributed by atoms with van der Waals surface area (Å²) in [4.78, 5) is 34.2. The first-order chi connectivity index (χ1) is 12.9. The number of phenolic OH excluding ortho intramolecular Hbond substituents is 1. The van der Waals surface area contributed by atoms with Gasteiger partial charge in [-0.05, 0) is 18.2 Å². The molecule has 0 atom stereocenters. The highest BCUT2D eigenvalue weighted by molar-refractivity contribution is 5.97. The molecule has 2 amide bonds. The summed E-state index contributed by atoms with van der Waals surface area (Å²) < 4.78 is 5.11. The Balaban J connectivity index is 1.82. The van der Waals surface area contributed by atoms with E-state index in [2.05, 4.69) is 10.6 Å². The van der Waals surface area contributed by atoms with Gasteiger partial charge in [0.1, 0.15) is 11.5 Å². The molecule has 0 aromatic heterocycles. The summed E-state index contributed by atoms with van der Waals surface area (Å²) in [5.41, 5.74) is 0.415. The SMILES string of the molecule is COc1ccccc1C(=O)NCCC(=O)NCc1cc([N+](=O)[O-])ccc1O. The Bertz CT molecular complexity index is 853. The normalized spacial score (nSPS) is 10.1. The van der Waals surface area contributed by atoms with Gasteiger partial charge in [-0.15, -0.1) is 0 Å². The van der Waals surface area contributed by atoms with Gasteiger partial charge in [-0.1, -0.05) is 12.1 Å². The molecule has 9 nitrogen and oxygen atoms in total. The number of amides is 2. The minimum absolute atomic E-state index is 0.0105. The second kappa shape index (κ2) is 9.18. The fourth-order valence-corrected chi connectivity index (χ4v) is 2.33. The number of nitro groups is 1. The molecule has 9 heteroatoms. The molecule has 0 saturated heterocycles. The van der Waals surface area contributed by atoms with Crippen molar-refractivity contribution in [3.8, 4) is 11.5 Å². The zero-order valence-corrected chi connectivity index (χ0v) is 14.6. The van der Waals surface area contributed by atoms with Crippen molar-refractivity contribution in [3.63, 3.8) is 0 Å². The Morgan fingerprint density at radius 1 is 1.19 bits per heavy atom. The summed E-state index contributed by atoms with van der Waals surface area (Å²) in [6.45, 7) is 0.0381. The van der Waals surface area contributed by atoms with Crippen LogP contribution in [-0.4, -0.2) is 35.5 Å². The third-order valence-electron chi connectivity index (χ3n) is 3.74. The maximum absolute atomic E-state index is 12.1. The van der Waals surface area contributed by atoms with Crippen LogP contribution in [0.1, 0.15) is 22.3 Å². The Kier molecular flexibility index (Phi) is 6.70. The Morgan fingerprint density at radius 2 is 1.93 bits per heavy atom. The van der Waals surface area contributed by atoms with Gasteiger partial charge in [-0.2, -0.15) is 0 Å². The molecular formula is C18H19N3O6. The topological polar surface area (TPSA) is 131 Å². The number of para-hydroxylation sites is 1. The van der Waals surface area contributed by atoms with Crippen molar-refractivity contribution in [2.75, 3.05) is 13.7 Å². The number of nitrogens with one attached hydrogen (secondary N) is 2. The molecule has 2 rings (SSSR count). The zero-order chi connectivity index (χ0) is 19.8. The standard InChI is InChI=1S/C18H19N3O6/c1-27-16-5-3-2-4-14(16)18(24)19-9-8-17(23)20-11-12-10-13(21(25)26)6-7-15(12)22/h2-7,10,22H,8-9,11H2,1H3,(H,19,24)(H,20,23). The number of benzene rings is 2. The molecule has 0 fully saturated rings. The van der Waals surface area contributed by atoms with E-state index in [-0.39, 0.29) is 48.3 Å². The fourth-order valence-electron chi connectivity index (χ4n) is 2.33. The summed E-state index contributed by atoms with van der Waals surface area (Å²) in [6.07, 6.45) is 0.0105. The molecule has 3 N–H and O–H groups in total. The number of hydrogen-bond acceptors (Lipinski definition) is 6. The van der Waals surface area contributed by atoms with Gasteiger partial charge in [-0.3, -0.25) is 19.7 Å². The van der Waals surface area contributed by atoms with Crippen LogP contribution >= 0.6 is 0 Å². The molecule has 2 aromatic rings. The lowest BCUT2D eigenvalue weighted by Crippen LogP contribution is -2.30. The molecule has 142 valence electrons. The highest BCUT2D eigenvalue weighted by atomic mass is 16.6. The van der Waals surface area contributed by atoms with Crippen LogP contribution in [0.25, 0.3) is 0 Å². The van der Waals surface area contributed by atoms with Crippen molar-refractivity contribution >= 4 is 17.5 Å². The monoisotopic (exact) mass is 373 g/mol. The minimum Gasteiger partial charge on any atom is -0.508 e. The van der Waals surface area contributed by atoms with E-state index in [0.717, 1.165) is 0 Å². The van der Waals surface area contributed by atoms with E-state index in [1.807, 2.05) is 0 Å². The molecule has 0 radical (unpaired) electrons. The second-order valence-corrected chi connectivity index (χ2v) is 5.55. The van der Waals surface area contributed by atoms with E-state index >= 15 is 0 Å². The summed E-state index contributed by atoms with van der Waals surface area (Å²) in [5, 5.41) is 25.6. The van der Waals surface area contributed by atoms with E-state index in [4.69, 9.17) is 4.74 Å². The Hall–Kier alpha value is -3.62. The molecule has 0 saturated carbocycles. The lowest BCUT2D eigenvalue weighted by atomic mass is 10.1. The molecule has 0 aliphatic rings. The van der Waals surface area contributed by atoms with Crippen molar-refractivity contribution in [2.45, 2.75) is 13.0 Å². The summed E-state index contributed by atoms with van der Waals surface area (Å²) in [7, 11) is 1.46. The molecule has 0 unspecified atom stereocenters. The van der Waals surface area contributed by atoms with Crippen LogP contribution in [0.2, 0.25) is 0 Å². The molecule has 27 heavy (non-hydrogen) atoms. The molecule has 0 aliphatic carbocycles. The lowest BCUT2D eigenvalue weighted by molar-refractivity contribution is -0.384. The van der Waals surface area contributed by atoms with Gasteiger partial charge >= 0.3 is 0 Å². The second-order valence-electron chi connectivity index (χ2n) is 5.55. The first kappa shape index (κ1) is 19.7. The predicted molar refractivity (Wildman–Crippen MR) is 96.6 cm³/mol. The van der Waals surface area contributed by atoms with Gasteiger partial charge in [-0.25, -0.2) is 0 Å². The molecular weight excluding hydrogens is 354 g/mol. The van der Waals surface area contributed by atoms with Gasteiger partial charge in [0.25, 0.3) is 11.6 Å². The third kappa shape index (κ3) is 5.43. The van der Waals surface area contributed by atoms with E-state index in [9.17, 15) is 24.8 Å². The minimum atomic E-state index is -0.585. The number of carbonyl (C=O) groups excluding carboxylic acids is 2. The summed E-state index contributed by atoms with van der Waals surface area (Å²) in [5.74, 6) is -0.455. The molecule has 0 heterocycles. The van der Waals surface area contributed by atoms with Crippen molar-refractivity contribution in [3.05, 3.63) is 63.7 Å². The number of rotatable bonds is 8. The van der Waals surface area contributed by atoms with Crippen molar-refractivity contribution in [2.24, 2.45) is 0 Å². The van der Waals surface area contributed by atoms with E-state index in [0.29, 0.717) is 11.3 Å². The molecule has 0 aliphatic heterocycles. The highest BCUT2D eigenvalue weighted by Gasteiger charge is 2.13. The zero-order valence-electron chi connectivity index (χ0n) is 14.6. The number of non-ortho nitro benzene ring substituents is 1. The molecule has 0 bridgehead atoms. The van der Waals surface area contributed by atoms with Gasteiger partial charge in [0.15, 0.2) is 0 Å². The first-order valence-electron chi connectivity index (χ1n) is 8.06. The third-order valence-corrected chi connectivity index (χ3v) is 3.74. The quantitative estimate of drug-likeness (QED) is 0.477.